The van der Waals surface area contributed by atoms with E-state index in [4.69, 9.17) is 5.26 Å². The first-order valence-electron chi connectivity index (χ1n) is 7.22. The number of rotatable bonds is 4. The number of anilines is 1. The van der Waals surface area contributed by atoms with E-state index < -0.39 is 4.92 Å². The Morgan fingerprint density at radius 1 is 1.43 bits per heavy atom. The van der Waals surface area contributed by atoms with E-state index in [1.807, 2.05) is 6.07 Å². The molecule has 0 saturated heterocycles. The van der Waals surface area contributed by atoms with Crippen molar-refractivity contribution in [3.63, 3.8) is 0 Å². The van der Waals surface area contributed by atoms with Crippen molar-refractivity contribution < 1.29 is 4.92 Å². The first-order chi connectivity index (χ1) is 10.1. The van der Waals surface area contributed by atoms with Crippen LogP contribution >= 0.6 is 0 Å². The molecule has 4 unspecified atom stereocenters. The number of benzene rings is 1. The highest BCUT2D eigenvalue weighted by atomic mass is 16.6. The van der Waals surface area contributed by atoms with Crippen molar-refractivity contribution in [3.8, 4) is 6.07 Å². The number of hydrogen-bond acceptors (Lipinski definition) is 4. The van der Waals surface area contributed by atoms with E-state index >= 15 is 0 Å². The van der Waals surface area contributed by atoms with Gasteiger partial charge in [-0.25, -0.2) is 0 Å². The van der Waals surface area contributed by atoms with Gasteiger partial charge in [0.2, 0.25) is 0 Å². The fourth-order valence-electron chi connectivity index (χ4n) is 3.62. The van der Waals surface area contributed by atoms with Crippen LogP contribution < -0.4 is 5.32 Å². The molecule has 0 heterocycles. The van der Waals surface area contributed by atoms with Crippen LogP contribution in [0, 0.1) is 39.2 Å². The number of nitrogens with one attached hydrogen (secondary N) is 1. The molecule has 2 aliphatic rings. The summed E-state index contributed by atoms with van der Waals surface area (Å²) in [4.78, 5) is 10.7. The minimum Gasteiger partial charge on any atom is -0.377 e. The molecule has 0 aromatic heterocycles. The third kappa shape index (κ3) is 2.49. The predicted octanol–water partition coefficient (Wildman–Crippen LogP) is 3.48. The summed E-state index contributed by atoms with van der Waals surface area (Å²) < 4.78 is 0. The van der Waals surface area contributed by atoms with E-state index in [1.165, 1.54) is 12.5 Å². The van der Waals surface area contributed by atoms with Crippen LogP contribution in [0.1, 0.15) is 25.3 Å². The number of fused-ring (bicyclic) bond motifs is 2. The summed E-state index contributed by atoms with van der Waals surface area (Å²) in [7, 11) is 0. The molecule has 0 radical (unpaired) electrons. The maximum absolute atomic E-state index is 11.2. The normalized spacial score (nSPS) is 27.3. The van der Waals surface area contributed by atoms with Crippen molar-refractivity contribution in [3.05, 3.63) is 46.0 Å². The van der Waals surface area contributed by atoms with E-state index in [2.05, 4.69) is 24.4 Å². The van der Waals surface area contributed by atoms with Crippen molar-refractivity contribution in [1.29, 1.82) is 5.26 Å². The maximum Gasteiger partial charge on any atom is 0.293 e. The van der Waals surface area contributed by atoms with Crippen molar-refractivity contribution in [2.75, 3.05) is 5.32 Å². The lowest BCUT2D eigenvalue weighted by Crippen LogP contribution is -2.29. The zero-order chi connectivity index (χ0) is 15.0. The third-order valence-corrected chi connectivity index (χ3v) is 4.68. The first kappa shape index (κ1) is 13.6. The Bertz CT molecular complexity index is 647. The summed E-state index contributed by atoms with van der Waals surface area (Å²) in [5.41, 5.74) is 0.778. The molecule has 108 valence electrons. The molecule has 1 aromatic rings. The number of nitro benzene ring substituents is 1. The van der Waals surface area contributed by atoms with Gasteiger partial charge >= 0.3 is 0 Å². The van der Waals surface area contributed by atoms with E-state index in [-0.39, 0.29) is 11.7 Å². The van der Waals surface area contributed by atoms with Gasteiger partial charge in [0.15, 0.2) is 0 Å². The van der Waals surface area contributed by atoms with Crippen LogP contribution in [-0.2, 0) is 0 Å². The second kappa shape index (κ2) is 5.21. The van der Waals surface area contributed by atoms with Gasteiger partial charge in [0.1, 0.15) is 5.69 Å². The largest absolute Gasteiger partial charge is 0.377 e. The van der Waals surface area contributed by atoms with Crippen molar-refractivity contribution in [2.24, 2.45) is 17.8 Å². The summed E-state index contributed by atoms with van der Waals surface area (Å²) in [6.45, 7) is 2.08. The van der Waals surface area contributed by atoms with Crippen LogP contribution in [0.25, 0.3) is 0 Å². The second-order valence-corrected chi connectivity index (χ2v) is 5.98. The molecular weight excluding hydrogens is 266 g/mol. The van der Waals surface area contributed by atoms with Crippen LogP contribution in [0.2, 0.25) is 0 Å². The second-order valence-electron chi connectivity index (χ2n) is 5.98. The SMILES string of the molecule is CC(Nc1ccc(C#N)cc1[N+](=O)[O-])C1CC2C=CC1C2. The molecule has 2 bridgehead atoms. The Morgan fingerprint density at radius 2 is 2.24 bits per heavy atom. The number of nitro groups is 1. The molecule has 0 aliphatic heterocycles. The molecule has 3 rings (SSSR count). The molecule has 0 spiro atoms. The molecule has 1 saturated carbocycles. The van der Waals surface area contributed by atoms with Crippen LogP contribution in [0.4, 0.5) is 11.4 Å². The maximum atomic E-state index is 11.2. The summed E-state index contributed by atoms with van der Waals surface area (Å²) in [6, 6.07) is 6.69. The Labute approximate surface area is 123 Å². The lowest BCUT2D eigenvalue weighted by Gasteiger charge is -2.27. The topological polar surface area (TPSA) is 79.0 Å². The summed E-state index contributed by atoms with van der Waals surface area (Å²) >= 11 is 0. The van der Waals surface area contributed by atoms with Crippen molar-refractivity contribution in [2.45, 2.75) is 25.8 Å². The van der Waals surface area contributed by atoms with Gasteiger partial charge in [-0.05, 0) is 49.7 Å². The monoisotopic (exact) mass is 283 g/mol. The van der Waals surface area contributed by atoms with Gasteiger partial charge in [0, 0.05) is 12.1 Å². The number of allylic oxidation sites excluding steroid dienone is 2. The van der Waals surface area contributed by atoms with E-state index in [1.54, 1.807) is 12.1 Å². The minimum absolute atomic E-state index is 0.0281. The highest BCUT2D eigenvalue weighted by Gasteiger charge is 2.38. The zero-order valence-electron chi connectivity index (χ0n) is 11.8. The summed E-state index contributed by atoms with van der Waals surface area (Å²) in [6.07, 6.45) is 6.94. The lowest BCUT2D eigenvalue weighted by molar-refractivity contribution is -0.384. The van der Waals surface area contributed by atoms with Crippen LogP contribution in [0.15, 0.2) is 30.4 Å². The quantitative estimate of drug-likeness (QED) is 0.521. The highest BCUT2D eigenvalue weighted by molar-refractivity contribution is 5.64. The van der Waals surface area contributed by atoms with Crippen molar-refractivity contribution in [1.82, 2.24) is 0 Å². The van der Waals surface area contributed by atoms with Crippen LogP contribution in [-0.4, -0.2) is 11.0 Å². The van der Waals surface area contributed by atoms with E-state index in [0.29, 0.717) is 29.0 Å². The molecule has 0 amide bonds. The third-order valence-electron chi connectivity index (χ3n) is 4.68. The van der Waals surface area contributed by atoms with Gasteiger partial charge < -0.3 is 5.32 Å². The van der Waals surface area contributed by atoms with Crippen LogP contribution in [0.3, 0.4) is 0 Å². The van der Waals surface area contributed by atoms with Gasteiger partial charge in [-0.2, -0.15) is 5.26 Å². The average molecular weight is 283 g/mol. The van der Waals surface area contributed by atoms with Gasteiger partial charge in [0.25, 0.3) is 5.69 Å². The molecule has 2 aliphatic carbocycles. The number of nitriles is 1. The highest BCUT2D eigenvalue weighted by Crippen LogP contribution is 2.45. The van der Waals surface area contributed by atoms with Crippen LogP contribution in [0.5, 0.6) is 0 Å². The average Bonchev–Trinajstić information content (AvgIpc) is 3.10. The number of nitrogens with zero attached hydrogens (tertiary/aromatic N) is 2. The standard InChI is InChI=1S/C16H17N3O2/c1-10(14-7-11-2-4-13(14)6-11)18-15-5-3-12(9-17)8-16(15)19(20)21/h2-5,8,10-11,13-14,18H,6-7H2,1H3. The van der Waals surface area contributed by atoms with E-state index in [0.717, 1.165) is 6.42 Å². The first-order valence-corrected chi connectivity index (χ1v) is 7.22. The predicted molar refractivity (Wildman–Crippen MR) is 79.7 cm³/mol. The fraction of sp³-hybridized carbons (Fsp3) is 0.438. The molecule has 5 nitrogen and oxygen atoms in total. The Morgan fingerprint density at radius 3 is 2.81 bits per heavy atom. The van der Waals surface area contributed by atoms with Gasteiger partial charge in [0.05, 0.1) is 16.6 Å². The minimum atomic E-state index is -0.434. The molecule has 21 heavy (non-hydrogen) atoms. The molecule has 1 fully saturated rings. The zero-order valence-corrected chi connectivity index (χ0v) is 11.8. The Balaban J connectivity index is 1.80. The molecule has 1 N–H and O–H groups in total. The molecule has 1 aromatic carbocycles. The Hall–Kier alpha value is -2.35. The number of hydrogen-bond donors (Lipinski definition) is 1. The van der Waals surface area contributed by atoms with Gasteiger partial charge in [-0.15, -0.1) is 0 Å². The molecule has 4 atom stereocenters. The molecular formula is C16H17N3O2. The Kier molecular flexibility index (Phi) is 3.38. The van der Waals surface area contributed by atoms with Gasteiger partial charge in [-0.3, -0.25) is 10.1 Å². The fourth-order valence-corrected chi connectivity index (χ4v) is 3.62. The smallest absolute Gasteiger partial charge is 0.293 e. The lowest BCUT2D eigenvalue weighted by atomic mass is 9.87. The van der Waals surface area contributed by atoms with E-state index in [9.17, 15) is 10.1 Å². The summed E-state index contributed by atoms with van der Waals surface area (Å²) in [5.74, 6) is 1.80. The van der Waals surface area contributed by atoms with Gasteiger partial charge in [-0.1, -0.05) is 12.2 Å². The summed E-state index contributed by atoms with van der Waals surface area (Å²) in [5, 5.41) is 23.3. The van der Waals surface area contributed by atoms with Crippen molar-refractivity contribution >= 4 is 11.4 Å². The molecule has 5 heteroatoms.